The second kappa shape index (κ2) is 9.83. The molecule has 0 aliphatic heterocycles. The molecule has 6 nitrogen and oxygen atoms in total. The van der Waals surface area contributed by atoms with Crippen LogP contribution in [0.3, 0.4) is 0 Å². The number of hydrogen-bond donors (Lipinski definition) is 1. The minimum atomic E-state index is -0.0578. The van der Waals surface area contributed by atoms with Crippen LogP contribution < -0.4 is 19.5 Å². The summed E-state index contributed by atoms with van der Waals surface area (Å²) in [4.78, 5) is 15.5. The molecule has 0 saturated heterocycles. The quantitative estimate of drug-likeness (QED) is 0.443. The summed E-state index contributed by atoms with van der Waals surface area (Å²) in [5.74, 6) is 2.24. The van der Waals surface area contributed by atoms with Crippen LogP contribution in [0.1, 0.15) is 50.4 Å². The van der Waals surface area contributed by atoms with E-state index >= 15 is 0 Å². The molecule has 0 bridgehead atoms. The number of rotatable bonds is 8. The highest BCUT2D eigenvalue weighted by Gasteiger charge is 2.13. The Kier molecular flexibility index (Phi) is 7.17. The maximum absolute atomic E-state index is 11.2. The van der Waals surface area contributed by atoms with E-state index in [4.69, 9.17) is 14.2 Å². The number of amides is 1. The molecule has 0 saturated carbocycles. The summed E-state index contributed by atoms with van der Waals surface area (Å²) in [7, 11) is 0. The minimum absolute atomic E-state index is 0.0565. The molecule has 0 fully saturated rings. The van der Waals surface area contributed by atoms with Crippen molar-refractivity contribution in [3.63, 3.8) is 0 Å². The number of nitrogens with zero attached hydrogens (tertiary/aromatic N) is 1. The van der Waals surface area contributed by atoms with Crippen molar-refractivity contribution in [1.29, 1.82) is 0 Å². The van der Waals surface area contributed by atoms with E-state index in [2.05, 4.69) is 10.3 Å². The molecule has 1 atom stereocenters. The molecule has 31 heavy (non-hydrogen) atoms. The Morgan fingerprint density at radius 3 is 2.26 bits per heavy atom. The monoisotopic (exact) mass is 440 g/mol. The molecule has 1 aromatic heterocycles. The third kappa shape index (κ3) is 5.98. The maximum Gasteiger partial charge on any atom is 0.282 e. The molecule has 3 rings (SSSR count). The van der Waals surface area contributed by atoms with Gasteiger partial charge < -0.3 is 19.5 Å². The van der Waals surface area contributed by atoms with Crippen LogP contribution in [0, 0.1) is 13.8 Å². The van der Waals surface area contributed by atoms with Gasteiger partial charge in [-0.15, -0.1) is 0 Å². The second-order valence-corrected chi connectivity index (χ2v) is 8.57. The molecule has 164 valence electrons. The molecule has 3 aromatic rings. The van der Waals surface area contributed by atoms with Crippen LogP contribution in [0.4, 0.5) is 0 Å². The fourth-order valence-electron chi connectivity index (χ4n) is 3.02. The van der Waals surface area contributed by atoms with Crippen LogP contribution in [0.2, 0.25) is 0 Å². The first-order valence-corrected chi connectivity index (χ1v) is 11.0. The molecule has 1 heterocycles. The van der Waals surface area contributed by atoms with E-state index in [1.165, 1.54) is 18.3 Å². The molecule has 0 aliphatic rings. The highest BCUT2D eigenvalue weighted by Crippen LogP contribution is 2.37. The van der Waals surface area contributed by atoms with Crippen molar-refractivity contribution in [2.75, 3.05) is 0 Å². The Labute approximate surface area is 187 Å². The van der Waals surface area contributed by atoms with Gasteiger partial charge in [-0.3, -0.25) is 4.79 Å². The molecule has 0 radical (unpaired) electrons. The highest BCUT2D eigenvalue weighted by atomic mass is 32.1. The van der Waals surface area contributed by atoms with Crippen LogP contribution in [0.5, 0.6) is 27.5 Å². The van der Waals surface area contributed by atoms with Crippen molar-refractivity contribution < 1.29 is 19.0 Å². The van der Waals surface area contributed by atoms with Crippen LogP contribution in [0.25, 0.3) is 0 Å². The SMILES string of the molecule is CC(=O)NC(C)c1ccc(Oc2cnc(Oc3ccc(OC(C)C)c(C)c3C)s2)cc1. The number of thiazole rings is 1. The predicted molar refractivity (Wildman–Crippen MR) is 123 cm³/mol. The van der Waals surface area contributed by atoms with Crippen LogP contribution >= 0.6 is 11.3 Å². The third-order valence-corrected chi connectivity index (χ3v) is 5.48. The summed E-state index contributed by atoms with van der Waals surface area (Å²) in [6, 6.07) is 11.4. The van der Waals surface area contributed by atoms with E-state index in [-0.39, 0.29) is 18.1 Å². The Bertz CT molecular complexity index is 1040. The first kappa shape index (κ1) is 22.6. The van der Waals surface area contributed by atoms with Gasteiger partial charge in [0, 0.05) is 6.92 Å². The van der Waals surface area contributed by atoms with E-state index in [9.17, 15) is 4.79 Å². The van der Waals surface area contributed by atoms with Gasteiger partial charge in [0.15, 0.2) is 0 Å². The molecule has 7 heteroatoms. The van der Waals surface area contributed by atoms with E-state index < -0.39 is 0 Å². The Morgan fingerprint density at radius 1 is 0.968 bits per heavy atom. The van der Waals surface area contributed by atoms with Gasteiger partial charge in [0.25, 0.3) is 5.19 Å². The van der Waals surface area contributed by atoms with Gasteiger partial charge in [0.1, 0.15) is 17.2 Å². The number of nitrogens with one attached hydrogen (secondary N) is 1. The average Bonchev–Trinajstić information content (AvgIpc) is 3.14. The average molecular weight is 441 g/mol. The van der Waals surface area contributed by atoms with Crippen molar-refractivity contribution in [3.05, 3.63) is 59.3 Å². The number of aromatic nitrogens is 1. The first-order valence-electron chi connectivity index (χ1n) is 10.2. The highest BCUT2D eigenvalue weighted by molar-refractivity contribution is 7.15. The topological polar surface area (TPSA) is 69.7 Å². The predicted octanol–water partition coefficient (Wildman–Crippen LogP) is 6.33. The van der Waals surface area contributed by atoms with Gasteiger partial charge in [-0.2, -0.15) is 0 Å². The van der Waals surface area contributed by atoms with E-state index in [0.717, 1.165) is 28.2 Å². The number of hydrogen-bond acceptors (Lipinski definition) is 6. The third-order valence-electron chi connectivity index (χ3n) is 4.73. The Hall–Kier alpha value is -3.06. The summed E-state index contributed by atoms with van der Waals surface area (Å²) < 4.78 is 17.7. The number of carbonyl (C=O) groups excluding carboxylic acids is 1. The summed E-state index contributed by atoms with van der Waals surface area (Å²) in [6.45, 7) is 11.5. The van der Waals surface area contributed by atoms with E-state index in [0.29, 0.717) is 16.0 Å². The van der Waals surface area contributed by atoms with Gasteiger partial charge in [0.2, 0.25) is 11.0 Å². The summed E-state index contributed by atoms with van der Waals surface area (Å²) >= 11 is 1.33. The lowest BCUT2D eigenvalue weighted by Crippen LogP contribution is -2.23. The van der Waals surface area contributed by atoms with Crippen molar-refractivity contribution in [2.24, 2.45) is 0 Å². The van der Waals surface area contributed by atoms with Crippen molar-refractivity contribution in [1.82, 2.24) is 10.3 Å². The molecule has 1 unspecified atom stereocenters. The summed E-state index contributed by atoms with van der Waals surface area (Å²) in [6.07, 6.45) is 1.76. The molecule has 0 spiro atoms. The zero-order valence-electron chi connectivity index (χ0n) is 18.7. The summed E-state index contributed by atoms with van der Waals surface area (Å²) in [5, 5.41) is 4.00. The molecule has 1 amide bonds. The fraction of sp³-hybridized carbons (Fsp3) is 0.333. The van der Waals surface area contributed by atoms with Crippen molar-refractivity contribution in [2.45, 2.75) is 53.7 Å². The smallest absolute Gasteiger partial charge is 0.282 e. The lowest BCUT2D eigenvalue weighted by molar-refractivity contribution is -0.119. The molecule has 1 N–H and O–H groups in total. The lowest BCUT2D eigenvalue weighted by Gasteiger charge is -2.16. The maximum atomic E-state index is 11.2. The Balaban J connectivity index is 1.66. The van der Waals surface area contributed by atoms with Gasteiger partial charge in [-0.05, 0) is 86.9 Å². The van der Waals surface area contributed by atoms with Crippen LogP contribution in [0.15, 0.2) is 42.6 Å². The molecular weight excluding hydrogens is 412 g/mol. The fourth-order valence-corrected chi connectivity index (χ4v) is 3.68. The van der Waals surface area contributed by atoms with Gasteiger partial charge in [-0.1, -0.05) is 12.1 Å². The van der Waals surface area contributed by atoms with Crippen molar-refractivity contribution >= 4 is 17.2 Å². The van der Waals surface area contributed by atoms with Crippen LogP contribution in [-0.2, 0) is 4.79 Å². The first-order chi connectivity index (χ1) is 14.7. The van der Waals surface area contributed by atoms with Gasteiger partial charge in [-0.25, -0.2) is 4.98 Å². The molecule has 0 aliphatic carbocycles. The van der Waals surface area contributed by atoms with E-state index in [1.54, 1.807) is 6.20 Å². The largest absolute Gasteiger partial charge is 0.491 e. The molecule has 2 aromatic carbocycles. The van der Waals surface area contributed by atoms with Gasteiger partial charge in [0.05, 0.1) is 18.3 Å². The number of ether oxygens (including phenoxy) is 3. The normalized spacial score (nSPS) is 11.8. The van der Waals surface area contributed by atoms with E-state index in [1.807, 2.05) is 71.0 Å². The number of carbonyl (C=O) groups is 1. The zero-order valence-corrected chi connectivity index (χ0v) is 19.5. The second-order valence-electron chi connectivity index (χ2n) is 7.62. The standard InChI is InChI=1S/C24H28N2O4S/c1-14(2)28-21-11-12-22(16(4)15(21)3)30-24-25-13-23(31-24)29-20-9-7-19(8-10-20)17(5)26-18(6)27/h7-14,17H,1-6H3,(H,26,27). The van der Waals surface area contributed by atoms with Crippen molar-refractivity contribution in [3.8, 4) is 27.5 Å². The summed E-state index contributed by atoms with van der Waals surface area (Å²) in [5.41, 5.74) is 3.07. The number of benzene rings is 2. The lowest BCUT2D eigenvalue weighted by atomic mass is 10.1. The Morgan fingerprint density at radius 2 is 1.61 bits per heavy atom. The zero-order chi connectivity index (χ0) is 22.5. The molecular formula is C24H28N2O4S. The van der Waals surface area contributed by atoms with Gasteiger partial charge >= 0.3 is 0 Å². The minimum Gasteiger partial charge on any atom is -0.491 e. The van der Waals surface area contributed by atoms with Crippen LogP contribution in [-0.4, -0.2) is 17.0 Å².